The van der Waals surface area contributed by atoms with Crippen LogP contribution in [-0.2, 0) is 17.6 Å². The Kier molecular flexibility index (Phi) is 8.11. The highest BCUT2D eigenvalue weighted by atomic mass is 35.5. The molecule has 2 aromatic heterocycles. The Balaban J connectivity index is 0.000000275. The van der Waals surface area contributed by atoms with Gasteiger partial charge >= 0.3 is 5.97 Å². The van der Waals surface area contributed by atoms with Crippen LogP contribution in [0.4, 0.5) is 0 Å². The number of carboxylic acids is 1. The summed E-state index contributed by atoms with van der Waals surface area (Å²) < 4.78 is 1.44. The van der Waals surface area contributed by atoms with E-state index in [2.05, 4.69) is 22.4 Å². The van der Waals surface area contributed by atoms with Gasteiger partial charge in [0.2, 0.25) is 0 Å². The summed E-state index contributed by atoms with van der Waals surface area (Å²) in [6.07, 6.45) is 2.05. The molecule has 0 spiro atoms. The lowest BCUT2D eigenvalue weighted by Gasteiger charge is -2.10. The minimum absolute atomic E-state index is 0.103. The molecule has 0 aliphatic heterocycles. The van der Waals surface area contributed by atoms with E-state index in [0.717, 1.165) is 34.6 Å². The van der Waals surface area contributed by atoms with Gasteiger partial charge in [-0.1, -0.05) is 54.4 Å². The predicted molar refractivity (Wildman–Crippen MR) is 127 cm³/mol. The molecule has 4 rings (SSSR count). The standard InChI is InChI=1S/C16H12Cl2N2OS.C5H10O2S/c17-13-14-12(22-15(13)18)7-11(20-14)16(21)19-10-5-8-3-1-2-4-9(8)6-10;1-2-8-4-3-5(6)7/h1-4,7,10,20H,5-6H2,(H,19,21);2-4H2,1H3,(H,6,7). The van der Waals surface area contributed by atoms with Crippen LogP contribution < -0.4 is 5.32 Å². The summed E-state index contributed by atoms with van der Waals surface area (Å²) in [4.78, 5) is 25.3. The second-order valence-electron chi connectivity index (χ2n) is 6.80. The van der Waals surface area contributed by atoms with Crippen LogP contribution in [0.1, 0.15) is 35.0 Å². The van der Waals surface area contributed by atoms with E-state index in [1.807, 2.05) is 19.1 Å². The SMILES string of the molecule is CCSCCC(=O)O.O=C(NC1Cc2ccccc2C1)c1cc2sc(Cl)c(Cl)c2[nH]1. The zero-order valence-corrected chi connectivity index (χ0v) is 19.5. The second-order valence-corrected chi connectivity index (χ2v) is 10.2. The number of aliphatic carboxylic acids is 1. The van der Waals surface area contributed by atoms with Crippen molar-refractivity contribution in [2.75, 3.05) is 11.5 Å². The van der Waals surface area contributed by atoms with E-state index in [9.17, 15) is 9.59 Å². The molecule has 1 aliphatic rings. The van der Waals surface area contributed by atoms with Gasteiger partial charge in [-0.3, -0.25) is 9.59 Å². The fourth-order valence-electron chi connectivity index (χ4n) is 3.27. The molecule has 9 heteroatoms. The average molecular weight is 485 g/mol. The maximum atomic E-state index is 12.4. The van der Waals surface area contributed by atoms with Crippen LogP contribution in [0.5, 0.6) is 0 Å². The number of carbonyl (C=O) groups excluding carboxylic acids is 1. The number of carboxylic acid groups (broad SMARTS) is 1. The lowest BCUT2D eigenvalue weighted by Crippen LogP contribution is -2.35. The fourth-order valence-corrected chi connectivity index (χ4v) is 5.36. The van der Waals surface area contributed by atoms with Crippen molar-refractivity contribution >= 4 is 68.4 Å². The van der Waals surface area contributed by atoms with E-state index in [1.54, 1.807) is 17.8 Å². The number of H-pyrrole nitrogens is 1. The van der Waals surface area contributed by atoms with E-state index in [1.165, 1.54) is 22.5 Å². The number of hydrogen-bond donors (Lipinski definition) is 3. The van der Waals surface area contributed by atoms with Crippen LogP contribution in [-0.4, -0.2) is 39.5 Å². The van der Waals surface area contributed by atoms with Crippen LogP contribution in [0.15, 0.2) is 30.3 Å². The van der Waals surface area contributed by atoms with Gasteiger partial charge in [0.1, 0.15) is 10.0 Å². The number of nitrogens with one attached hydrogen (secondary N) is 2. The van der Waals surface area contributed by atoms with E-state index < -0.39 is 5.97 Å². The Morgan fingerprint density at radius 3 is 2.50 bits per heavy atom. The Hall–Kier alpha value is -1.67. The molecule has 0 unspecified atom stereocenters. The third kappa shape index (κ3) is 5.72. The number of halogens is 2. The quantitative estimate of drug-likeness (QED) is 0.394. The third-order valence-electron chi connectivity index (χ3n) is 4.67. The molecule has 1 aliphatic carbocycles. The van der Waals surface area contributed by atoms with E-state index >= 15 is 0 Å². The number of amides is 1. The average Bonchev–Trinajstić information content (AvgIpc) is 3.37. The largest absolute Gasteiger partial charge is 0.481 e. The van der Waals surface area contributed by atoms with Crippen molar-refractivity contribution in [3.05, 3.63) is 56.5 Å². The molecule has 1 amide bonds. The molecule has 2 heterocycles. The first-order valence-corrected chi connectivity index (χ1v) is 12.3. The molecule has 3 aromatic rings. The van der Waals surface area contributed by atoms with Crippen molar-refractivity contribution in [1.29, 1.82) is 0 Å². The lowest BCUT2D eigenvalue weighted by molar-refractivity contribution is -0.136. The highest BCUT2D eigenvalue weighted by molar-refractivity contribution is 7.99. The molecular weight excluding hydrogens is 463 g/mol. The Labute approximate surface area is 193 Å². The summed E-state index contributed by atoms with van der Waals surface area (Å²) >= 11 is 15.1. The van der Waals surface area contributed by atoms with Crippen molar-refractivity contribution in [3.8, 4) is 0 Å². The zero-order chi connectivity index (χ0) is 21.7. The number of carbonyl (C=O) groups is 2. The fraction of sp³-hybridized carbons (Fsp3) is 0.333. The first-order valence-electron chi connectivity index (χ1n) is 9.52. The van der Waals surface area contributed by atoms with Crippen molar-refractivity contribution in [3.63, 3.8) is 0 Å². The van der Waals surface area contributed by atoms with Gasteiger partial charge in [-0.15, -0.1) is 11.3 Å². The lowest BCUT2D eigenvalue weighted by atomic mass is 10.1. The van der Waals surface area contributed by atoms with Crippen LogP contribution in [0.2, 0.25) is 9.36 Å². The smallest absolute Gasteiger partial charge is 0.304 e. The molecule has 0 atom stereocenters. The van der Waals surface area contributed by atoms with Gasteiger partial charge in [-0.05, 0) is 35.8 Å². The molecule has 0 saturated carbocycles. The number of benzene rings is 1. The van der Waals surface area contributed by atoms with Gasteiger partial charge in [0.25, 0.3) is 5.91 Å². The van der Waals surface area contributed by atoms with Crippen LogP contribution in [0.3, 0.4) is 0 Å². The van der Waals surface area contributed by atoms with E-state index in [0.29, 0.717) is 21.5 Å². The molecule has 0 bridgehead atoms. The normalized spacial score (nSPS) is 13.0. The Bertz CT molecular complexity index is 1020. The summed E-state index contributed by atoms with van der Waals surface area (Å²) in [6, 6.07) is 10.3. The maximum absolute atomic E-state index is 12.4. The number of thiophene rings is 1. The van der Waals surface area contributed by atoms with Crippen molar-refractivity contribution in [2.45, 2.75) is 32.2 Å². The maximum Gasteiger partial charge on any atom is 0.304 e. The van der Waals surface area contributed by atoms with Gasteiger partial charge < -0.3 is 15.4 Å². The second kappa shape index (κ2) is 10.6. The molecule has 3 N–H and O–H groups in total. The minimum Gasteiger partial charge on any atom is -0.481 e. The molecule has 5 nitrogen and oxygen atoms in total. The third-order valence-corrected chi connectivity index (χ3v) is 7.50. The predicted octanol–water partition coefficient (Wildman–Crippen LogP) is 5.65. The van der Waals surface area contributed by atoms with E-state index in [-0.39, 0.29) is 11.9 Å². The molecule has 30 heavy (non-hydrogen) atoms. The highest BCUT2D eigenvalue weighted by Crippen LogP contribution is 2.38. The molecule has 0 radical (unpaired) electrons. The van der Waals surface area contributed by atoms with Gasteiger partial charge in [0, 0.05) is 11.8 Å². The summed E-state index contributed by atoms with van der Waals surface area (Å²) in [6.45, 7) is 2.02. The summed E-state index contributed by atoms with van der Waals surface area (Å²) in [5.74, 6) is 0.943. The summed E-state index contributed by atoms with van der Waals surface area (Å²) in [7, 11) is 0. The van der Waals surface area contributed by atoms with Gasteiger partial charge in [-0.2, -0.15) is 11.8 Å². The number of aromatic nitrogens is 1. The molecular formula is C21H22Cl2N2O3S2. The van der Waals surface area contributed by atoms with E-state index in [4.69, 9.17) is 28.3 Å². The Morgan fingerprint density at radius 1 is 1.27 bits per heavy atom. The molecule has 0 fully saturated rings. The first-order chi connectivity index (χ1) is 14.4. The monoisotopic (exact) mass is 484 g/mol. The molecule has 160 valence electrons. The Morgan fingerprint density at radius 2 is 1.93 bits per heavy atom. The van der Waals surface area contributed by atoms with Crippen molar-refractivity contribution in [2.24, 2.45) is 0 Å². The molecule has 0 saturated heterocycles. The topological polar surface area (TPSA) is 82.2 Å². The highest BCUT2D eigenvalue weighted by Gasteiger charge is 2.24. The van der Waals surface area contributed by atoms with Crippen molar-refractivity contribution < 1.29 is 14.7 Å². The first kappa shape index (κ1) is 23.0. The number of fused-ring (bicyclic) bond motifs is 2. The number of thioether (sulfide) groups is 1. The number of rotatable bonds is 6. The minimum atomic E-state index is -0.703. The molecule has 1 aromatic carbocycles. The van der Waals surface area contributed by atoms with Crippen LogP contribution in [0.25, 0.3) is 10.2 Å². The zero-order valence-electron chi connectivity index (χ0n) is 16.3. The van der Waals surface area contributed by atoms with Crippen LogP contribution >= 0.6 is 46.3 Å². The summed E-state index contributed by atoms with van der Waals surface area (Å²) in [5.41, 5.74) is 3.89. The van der Waals surface area contributed by atoms with Crippen LogP contribution in [0, 0.1) is 0 Å². The van der Waals surface area contributed by atoms with Gasteiger partial charge in [-0.25, -0.2) is 0 Å². The number of aromatic amines is 1. The summed E-state index contributed by atoms with van der Waals surface area (Å²) in [5, 5.41) is 11.7. The number of hydrogen-bond acceptors (Lipinski definition) is 4. The van der Waals surface area contributed by atoms with Crippen molar-refractivity contribution in [1.82, 2.24) is 10.3 Å². The van der Waals surface area contributed by atoms with Gasteiger partial charge in [0.15, 0.2) is 0 Å². The van der Waals surface area contributed by atoms with Gasteiger partial charge in [0.05, 0.1) is 21.7 Å².